The first-order valence-electron chi connectivity index (χ1n) is 10.1. The Morgan fingerprint density at radius 1 is 1.24 bits per heavy atom. The fourth-order valence-corrected chi connectivity index (χ4v) is 5.09. The summed E-state index contributed by atoms with van der Waals surface area (Å²) in [5.41, 5.74) is 9.55. The normalized spacial score (nSPS) is 17.6. The van der Waals surface area contributed by atoms with E-state index >= 15 is 0 Å². The minimum atomic E-state index is -0.389. The van der Waals surface area contributed by atoms with E-state index < -0.39 is 0 Å². The van der Waals surface area contributed by atoms with Crippen molar-refractivity contribution in [3.63, 3.8) is 0 Å². The highest BCUT2D eigenvalue weighted by molar-refractivity contribution is 7.98. The third-order valence-corrected chi connectivity index (χ3v) is 6.72. The Morgan fingerprint density at radius 3 is 2.86 bits per heavy atom. The third-order valence-electron chi connectivity index (χ3n) is 5.73. The Hall–Kier alpha value is -2.44. The second-order valence-electron chi connectivity index (χ2n) is 7.72. The maximum atomic E-state index is 11.4. The van der Waals surface area contributed by atoms with E-state index in [0.29, 0.717) is 17.2 Å². The summed E-state index contributed by atoms with van der Waals surface area (Å²) in [6.07, 6.45) is 4.46. The quantitative estimate of drug-likeness (QED) is 0.514. The molecule has 2 heterocycles. The predicted octanol–water partition coefficient (Wildman–Crippen LogP) is 4.09. The summed E-state index contributed by atoms with van der Waals surface area (Å²) in [5, 5.41) is 10.6. The molecule has 2 aromatic carbocycles. The van der Waals surface area contributed by atoms with Crippen LogP contribution in [0.15, 0.2) is 48.7 Å². The number of phenolic OH excluding ortho intramolecular Hbond substituents is 1. The third kappa shape index (κ3) is 4.77. The molecule has 152 valence electrons. The lowest BCUT2D eigenvalue weighted by Crippen LogP contribution is -2.35. The summed E-state index contributed by atoms with van der Waals surface area (Å²) in [4.78, 5) is 17.3. The number of fused-ring (bicyclic) bond motifs is 1. The van der Waals surface area contributed by atoms with Crippen molar-refractivity contribution in [3.8, 4) is 5.75 Å². The molecule has 0 aliphatic carbocycles. The maximum Gasteiger partial charge on any atom is 0.248 e. The van der Waals surface area contributed by atoms with Gasteiger partial charge in [-0.25, -0.2) is 0 Å². The summed E-state index contributed by atoms with van der Waals surface area (Å²) in [7, 11) is 0. The Morgan fingerprint density at radius 2 is 2.07 bits per heavy atom. The second-order valence-corrected chi connectivity index (χ2v) is 8.83. The van der Waals surface area contributed by atoms with Crippen LogP contribution in [0.5, 0.6) is 5.75 Å². The molecule has 4 N–H and O–H groups in total. The van der Waals surface area contributed by atoms with Gasteiger partial charge >= 0.3 is 0 Å². The van der Waals surface area contributed by atoms with Crippen molar-refractivity contribution in [1.29, 1.82) is 0 Å². The number of nitrogens with two attached hydrogens (primary N) is 1. The van der Waals surface area contributed by atoms with Crippen LogP contribution in [-0.2, 0) is 5.75 Å². The molecule has 6 heteroatoms. The van der Waals surface area contributed by atoms with E-state index in [1.165, 1.54) is 24.0 Å². The number of carbonyl (C=O) groups excluding carboxylic acids is 1. The number of carbonyl (C=O) groups is 1. The van der Waals surface area contributed by atoms with Gasteiger partial charge in [0.25, 0.3) is 0 Å². The Bertz CT molecular complexity index is 983. The van der Waals surface area contributed by atoms with Crippen LogP contribution in [0.3, 0.4) is 0 Å². The summed E-state index contributed by atoms with van der Waals surface area (Å²) in [6.45, 7) is 3.32. The van der Waals surface area contributed by atoms with Crippen molar-refractivity contribution in [2.45, 2.75) is 24.5 Å². The number of thioether (sulfide) groups is 1. The van der Waals surface area contributed by atoms with Crippen molar-refractivity contribution in [2.24, 2.45) is 5.73 Å². The van der Waals surface area contributed by atoms with E-state index in [1.54, 1.807) is 18.2 Å². The SMILES string of the molecule is NC(=O)c1ccc2[nH]cc(CSCCN3CCCC(c4ccc(O)cc4)C3)c2c1. The Kier molecular flexibility index (Phi) is 6.11. The van der Waals surface area contributed by atoms with Crippen molar-refractivity contribution in [1.82, 2.24) is 9.88 Å². The fraction of sp³-hybridized carbons (Fsp3) is 0.348. The molecule has 0 bridgehead atoms. The molecule has 3 aromatic rings. The zero-order valence-corrected chi connectivity index (χ0v) is 17.3. The Labute approximate surface area is 175 Å². The molecule has 1 saturated heterocycles. The zero-order chi connectivity index (χ0) is 20.2. The number of likely N-dealkylation sites (tertiary alicyclic amines) is 1. The lowest BCUT2D eigenvalue weighted by molar-refractivity contribution is 0.100. The smallest absolute Gasteiger partial charge is 0.248 e. The molecule has 0 spiro atoms. The molecule has 1 atom stereocenters. The zero-order valence-electron chi connectivity index (χ0n) is 16.4. The molecule has 1 amide bonds. The second kappa shape index (κ2) is 8.93. The lowest BCUT2D eigenvalue weighted by Gasteiger charge is -2.33. The number of phenols is 1. The highest BCUT2D eigenvalue weighted by atomic mass is 32.2. The van der Waals surface area contributed by atoms with Crippen LogP contribution >= 0.6 is 11.8 Å². The molecule has 0 saturated carbocycles. The summed E-state index contributed by atoms with van der Waals surface area (Å²) in [6, 6.07) is 13.2. The number of hydrogen-bond donors (Lipinski definition) is 3. The van der Waals surface area contributed by atoms with E-state index in [4.69, 9.17) is 5.73 Å². The molecule has 29 heavy (non-hydrogen) atoms. The van der Waals surface area contributed by atoms with Gasteiger partial charge < -0.3 is 20.7 Å². The van der Waals surface area contributed by atoms with Gasteiger partial charge in [-0.1, -0.05) is 12.1 Å². The van der Waals surface area contributed by atoms with Crippen molar-refractivity contribution < 1.29 is 9.90 Å². The van der Waals surface area contributed by atoms with Crippen molar-refractivity contribution >= 4 is 28.6 Å². The van der Waals surface area contributed by atoms with E-state index in [2.05, 4.69) is 22.0 Å². The topological polar surface area (TPSA) is 82.4 Å². The number of aromatic nitrogens is 1. The number of H-pyrrole nitrogens is 1. The van der Waals surface area contributed by atoms with E-state index in [-0.39, 0.29) is 5.91 Å². The number of rotatable bonds is 7. The minimum Gasteiger partial charge on any atom is -0.508 e. The van der Waals surface area contributed by atoms with Gasteiger partial charge in [0, 0.05) is 47.3 Å². The number of aromatic amines is 1. The first kappa shape index (κ1) is 19.9. The van der Waals surface area contributed by atoms with E-state index in [1.807, 2.05) is 30.1 Å². The Balaban J connectivity index is 1.29. The molecule has 4 rings (SSSR count). The number of nitrogens with zero attached hydrogens (tertiary/aromatic N) is 1. The molecule has 1 unspecified atom stereocenters. The number of primary amides is 1. The first-order valence-corrected chi connectivity index (χ1v) is 11.2. The summed E-state index contributed by atoms with van der Waals surface area (Å²) in [5.74, 6) is 2.48. The number of nitrogens with one attached hydrogen (secondary N) is 1. The lowest BCUT2D eigenvalue weighted by atomic mass is 9.90. The number of piperidine rings is 1. The largest absolute Gasteiger partial charge is 0.508 e. The average Bonchev–Trinajstić information content (AvgIpc) is 3.14. The molecule has 0 radical (unpaired) electrons. The van der Waals surface area contributed by atoms with Crippen molar-refractivity contribution in [2.75, 3.05) is 25.4 Å². The summed E-state index contributed by atoms with van der Waals surface area (Å²) >= 11 is 1.92. The van der Waals surface area contributed by atoms with Crippen LogP contribution in [0, 0.1) is 0 Å². The monoisotopic (exact) mass is 409 g/mol. The molecule has 1 aliphatic rings. The van der Waals surface area contributed by atoms with E-state index in [0.717, 1.165) is 42.0 Å². The van der Waals surface area contributed by atoms with Gasteiger partial charge in [0.2, 0.25) is 5.91 Å². The number of benzene rings is 2. The molecule has 1 aliphatic heterocycles. The molecular formula is C23H27N3O2S. The van der Waals surface area contributed by atoms with Crippen LogP contribution in [0.25, 0.3) is 10.9 Å². The maximum absolute atomic E-state index is 11.4. The van der Waals surface area contributed by atoms with Gasteiger partial charge in [-0.3, -0.25) is 4.79 Å². The minimum absolute atomic E-state index is 0.332. The predicted molar refractivity (Wildman–Crippen MR) is 120 cm³/mol. The first-order chi connectivity index (χ1) is 14.1. The molecule has 1 fully saturated rings. The van der Waals surface area contributed by atoms with Crippen LogP contribution < -0.4 is 5.73 Å². The van der Waals surface area contributed by atoms with Gasteiger partial charge in [-0.05, 0) is 66.8 Å². The number of aromatic hydroxyl groups is 1. The van der Waals surface area contributed by atoms with Gasteiger partial charge in [0.05, 0.1) is 0 Å². The van der Waals surface area contributed by atoms with Crippen LogP contribution in [0.1, 0.15) is 40.2 Å². The van der Waals surface area contributed by atoms with Gasteiger partial charge in [-0.2, -0.15) is 11.8 Å². The standard InChI is InChI=1S/C23H27N3O2S/c24-23(28)17-5-8-22-21(12-17)19(13-25-22)15-29-11-10-26-9-1-2-18(14-26)16-3-6-20(27)7-4-16/h3-8,12-13,18,25,27H,1-2,9-11,14-15H2,(H2,24,28). The average molecular weight is 410 g/mol. The molecule has 5 nitrogen and oxygen atoms in total. The van der Waals surface area contributed by atoms with Gasteiger partial charge in [-0.15, -0.1) is 0 Å². The number of hydrogen-bond acceptors (Lipinski definition) is 4. The van der Waals surface area contributed by atoms with Gasteiger partial charge in [0.1, 0.15) is 5.75 Å². The summed E-state index contributed by atoms with van der Waals surface area (Å²) < 4.78 is 0. The van der Waals surface area contributed by atoms with Gasteiger partial charge in [0.15, 0.2) is 0 Å². The van der Waals surface area contributed by atoms with Crippen LogP contribution in [0.2, 0.25) is 0 Å². The number of amides is 1. The van der Waals surface area contributed by atoms with Crippen molar-refractivity contribution in [3.05, 3.63) is 65.4 Å². The highest BCUT2D eigenvalue weighted by Crippen LogP contribution is 2.29. The molecular weight excluding hydrogens is 382 g/mol. The van der Waals surface area contributed by atoms with E-state index in [9.17, 15) is 9.90 Å². The van der Waals surface area contributed by atoms with Crippen LogP contribution in [-0.4, -0.2) is 46.3 Å². The fourth-order valence-electron chi connectivity index (χ4n) is 4.10. The molecule has 1 aromatic heterocycles. The highest BCUT2D eigenvalue weighted by Gasteiger charge is 2.21. The van der Waals surface area contributed by atoms with Crippen LogP contribution in [0.4, 0.5) is 0 Å².